The van der Waals surface area contributed by atoms with Crippen LogP contribution in [0, 0.1) is 36.0 Å². The van der Waals surface area contributed by atoms with E-state index in [1.54, 1.807) is 41.5 Å². The van der Waals surface area contributed by atoms with Gasteiger partial charge in [-0.3, -0.25) is 34.2 Å². The molecule has 20 heteroatoms. The number of phenols is 1. The number of Topliss-reactive ketones (excluding diaryl/α,β-unsaturated/α-hetero) is 2. The van der Waals surface area contributed by atoms with E-state index < -0.39 is 130 Å². The van der Waals surface area contributed by atoms with E-state index in [4.69, 9.17) is 33.2 Å². The zero-order valence-electron chi connectivity index (χ0n) is 43.2. The van der Waals surface area contributed by atoms with Gasteiger partial charge in [-0.15, -0.1) is 0 Å². The van der Waals surface area contributed by atoms with E-state index in [2.05, 4.69) is 10.7 Å². The lowest BCUT2D eigenvalue weighted by molar-refractivity contribution is -0.245. The van der Waals surface area contributed by atoms with Crippen LogP contribution >= 0.6 is 0 Å². The molecule has 6 heterocycles. The SMILES string of the molecule is C/C1=C/C=C/[C@H](C(C)OC(=O)C(C)(C)CC(=O)NN2CCCCC2)[C@H](O)[C@@H](C)[C@@H](O)[C@@H](C)[C@H](O)[C@H](C)[C@@H](O[C@H]2C[C@@H]3OCO[C@@H]3[C@@H](C)O2)/C=C/O[C@@]2(C)Oc3c(C)c(O)c4c(c3C2=O)C(=O)C=C(NC1=O)C4=O. The highest BCUT2D eigenvalue weighted by molar-refractivity contribution is 6.30. The number of fused-ring (bicyclic) bond motifs is 15. The van der Waals surface area contributed by atoms with Crippen molar-refractivity contribution in [3.8, 4) is 11.5 Å². The number of aliphatic hydroxyl groups excluding tert-OH is 3. The van der Waals surface area contributed by atoms with Crippen molar-refractivity contribution in [3.05, 3.63) is 70.2 Å². The van der Waals surface area contributed by atoms with Gasteiger partial charge < -0.3 is 58.9 Å². The van der Waals surface area contributed by atoms with E-state index >= 15 is 0 Å². The predicted molar refractivity (Wildman–Crippen MR) is 259 cm³/mol. The van der Waals surface area contributed by atoms with Crippen LogP contribution in [0.25, 0.3) is 0 Å². The summed E-state index contributed by atoms with van der Waals surface area (Å²) in [7, 11) is 0. The lowest BCUT2D eigenvalue weighted by Gasteiger charge is -2.40. The second-order valence-corrected chi connectivity index (χ2v) is 21.1. The van der Waals surface area contributed by atoms with Crippen LogP contribution < -0.4 is 15.5 Å². The van der Waals surface area contributed by atoms with Gasteiger partial charge in [0.2, 0.25) is 11.7 Å². The standard InChI is InChI=1S/C53H71N3O17/c1-25-15-14-16-32(30(6)71-51(66)52(8,9)23-37(58)55-56-18-12-11-13-19-56)44(61)28(4)43(60)27(3)42(59)26(2)35(72-38-22-36-48(31(7)70-38)68-24-67-36)17-20-69-53(10)49(64)41-39-34(57)21-33(54-50(25)65)46(63)40(39)45(62)29(5)47(41)73-53/h14-17,20-21,26-28,30-32,35-36,38,42-44,48,59-62H,11-13,18-19,22-24H2,1-10H3,(H,54,65)(H,55,58)/b16-14+,20-17+,25-15-/t26-,27+,28+,30?,31-,32-,35+,36+,38+,42-,43+,44-,48-,53+/m1/s1. The Labute approximate surface area is 425 Å². The van der Waals surface area contributed by atoms with E-state index in [1.165, 1.54) is 45.1 Å². The van der Waals surface area contributed by atoms with E-state index in [0.29, 0.717) is 13.1 Å². The van der Waals surface area contributed by atoms with Crippen LogP contribution in [0.15, 0.2) is 47.9 Å². The fraction of sp³-hybridized carbons (Fsp3) is 0.623. The first-order chi connectivity index (χ1) is 34.3. The molecule has 5 bridgehead atoms. The number of piperidine rings is 1. The number of carbonyl (C=O) groups is 6. The molecule has 0 saturated carbocycles. The topological polar surface area (TPSA) is 275 Å². The molecule has 3 saturated heterocycles. The number of esters is 1. The second-order valence-electron chi connectivity index (χ2n) is 21.1. The maximum absolute atomic E-state index is 14.3. The maximum atomic E-state index is 14.3. The smallest absolute Gasteiger partial charge is 0.312 e. The van der Waals surface area contributed by atoms with Crippen molar-refractivity contribution >= 4 is 35.1 Å². The summed E-state index contributed by atoms with van der Waals surface area (Å²) < 4.78 is 42.2. The first-order valence-electron chi connectivity index (χ1n) is 25.1. The number of hydrogen-bond acceptors (Lipinski definition) is 18. The fourth-order valence-corrected chi connectivity index (χ4v) is 10.3. The molecule has 1 aromatic rings. The second kappa shape index (κ2) is 22.3. The van der Waals surface area contributed by atoms with Crippen molar-refractivity contribution in [1.29, 1.82) is 0 Å². The van der Waals surface area contributed by atoms with Gasteiger partial charge in [0.25, 0.3) is 11.7 Å². The number of rotatable bonds is 8. The zero-order chi connectivity index (χ0) is 53.4. The number of hydrogen-bond donors (Lipinski definition) is 6. The lowest BCUT2D eigenvalue weighted by atomic mass is 9.77. The quantitative estimate of drug-likeness (QED) is 0.200. The Hall–Kier alpha value is -5.32. The van der Waals surface area contributed by atoms with Crippen molar-refractivity contribution < 1.29 is 82.4 Å². The molecule has 6 aliphatic heterocycles. The molecule has 2 amide bonds. The molecule has 6 N–H and O–H groups in total. The largest absolute Gasteiger partial charge is 0.507 e. The Morgan fingerprint density at radius 1 is 0.932 bits per heavy atom. The number of phenolic OH excluding ortho intramolecular Hbond substituents is 1. The Morgan fingerprint density at radius 2 is 1.60 bits per heavy atom. The van der Waals surface area contributed by atoms with Gasteiger partial charge in [0.15, 0.2) is 12.1 Å². The van der Waals surface area contributed by atoms with Crippen LogP contribution in [0.5, 0.6) is 11.5 Å². The number of allylic oxidation sites excluding steroid dienone is 4. The van der Waals surface area contributed by atoms with Gasteiger partial charge in [-0.05, 0) is 60.5 Å². The van der Waals surface area contributed by atoms with Crippen LogP contribution in [0.2, 0.25) is 0 Å². The van der Waals surface area contributed by atoms with Crippen molar-refractivity contribution in [1.82, 2.24) is 15.8 Å². The van der Waals surface area contributed by atoms with Crippen molar-refractivity contribution in [2.45, 2.75) is 162 Å². The molecule has 20 nitrogen and oxygen atoms in total. The summed E-state index contributed by atoms with van der Waals surface area (Å²) >= 11 is 0. The predicted octanol–water partition coefficient (Wildman–Crippen LogP) is 4.15. The number of aliphatic hydroxyl groups is 3. The van der Waals surface area contributed by atoms with Crippen molar-refractivity contribution in [3.63, 3.8) is 0 Å². The Balaban J connectivity index is 1.22. The molecule has 0 aromatic heterocycles. The van der Waals surface area contributed by atoms with Gasteiger partial charge in [0, 0.05) is 73.7 Å². The molecule has 1 aromatic carbocycles. The number of nitrogens with one attached hydrogen (secondary N) is 2. The molecule has 73 heavy (non-hydrogen) atoms. The third kappa shape index (κ3) is 11.5. The number of nitrogens with zero attached hydrogens (tertiary/aromatic N) is 1. The van der Waals surface area contributed by atoms with E-state index in [9.17, 15) is 49.2 Å². The molecule has 7 aliphatic rings. The van der Waals surface area contributed by atoms with Crippen LogP contribution in [-0.4, -0.2) is 141 Å². The number of ketones is 3. The molecule has 400 valence electrons. The minimum atomic E-state index is -2.14. The normalized spacial score (nSPS) is 35.6. The van der Waals surface area contributed by atoms with Crippen LogP contribution in [0.3, 0.4) is 0 Å². The van der Waals surface area contributed by atoms with Crippen LogP contribution in [-0.2, 0) is 42.8 Å². The summed E-state index contributed by atoms with van der Waals surface area (Å²) in [4.78, 5) is 82.8. The molecule has 8 rings (SSSR count). The summed E-state index contributed by atoms with van der Waals surface area (Å²) in [6.07, 6.45) is 2.34. The highest BCUT2D eigenvalue weighted by Crippen LogP contribution is 2.48. The monoisotopic (exact) mass is 1020 g/mol. The third-order valence-electron chi connectivity index (χ3n) is 15.1. The molecular weight excluding hydrogens is 951 g/mol. The zero-order valence-corrected chi connectivity index (χ0v) is 43.2. The number of benzene rings is 1. The summed E-state index contributed by atoms with van der Waals surface area (Å²) in [6, 6.07) is 0. The summed E-state index contributed by atoms with van der Waals surface area (Å²) in [5.41, 5.74) is -0.186. The van der Waals surface area contributed by atoms with Gasteiger partial charge >= 0.3 is 11.8 Å². The Bertz CT molecular complexity index is 2460. The number of hydrazine groups is 1. The van der Waals surface area contributed by atoms with Crippen LogP contribution in [0.4, 0.5) is 0 Å². The third-order valence-corrected chi connectivity index (χ3v) is 15.1. The maximum Gasteiger partial charge on any atom is 0.312 e. The number of amides is 2. The Kier molecular flexibility index (Phi) is 16.9. The van der Waals surface area contributed by atoms with Gasteiger partial charge in [-0.2, -0.15) is 0 Å². The summed E-state index contributed by atoms with van der Waals surface area (Å²) in [5, 5.41) is 52.0. The first-order valence-corrected chi connectivity index (χ1v) is 25.1. The van der Waals surface area contributed by atoms with E-state index in [1.807, 2.05) is 11.9 Å². The van der Waals surface area contributed by atoms with Gasteiger partial charge in [-0.1, -0.05) is 45.4 Å². The highest BCUT2D eigenvalue weighted by atomic mass is 16.7. The van der Waals surface area contributed by atoms with Crippen molar-refractivity contribution in [2.75, 3.05) is 19.9 Å². The lowest BCUT2D eigenvalue weighted by Crippen LogP contribution is -2.49. The summed E-state index contributed by atoms with van der Waals surface area (Å²) in [5.74, 6) is -11.5. The highest BCUT2D eigenvalue weighted by Gasteiger charge is 2.52. The van der Waals surface area contributed by atoms with Crippen molar-refractivity contribution in [2.24, 2.45) is 29.1 Å². The van der Waals surface area contributed by atoms with E-state index in [-0.39, 0.29) is 60.2 Å². The molecule has 14 atom stereocenters. The average Bonchev–Trinajstić information content (AvgIpc) is 3.93. The first kappa shape index (κ1) is 55.4. The number of ether oxygens (including phenoxy) is 7. The minimum absolute atomic E-state index is 0.0166. The van der Waals surface area contributed by atoms with Gasteiger partial charge in [0.1, 0.15) is 30.5 Å². The molecular formula is C53H71N3O17. The van der Waals surface area contributed by atoms with Gasteiger partial charge in [-0.25, -0.2) is 5.01 Å². The number of carbonyl (C=O) groups excluding carboxylic acids is 6. The molecule has 1 unspecified atom stereocenters. The van der Waals surface area contributed by atoms with Gasteiger partial charge in [0.05, 0.1) is 70.7 Å². The Morgan fingerprint density at radius 3 is 2.30 bits per heavy atom. The molecule has 3 fully saturated rings. The molecule has 0 radical (unpaired) electrons. The average molecular weight is 1020 g/mol. The van der Waals surface area contributed by atoms with Crippen LogP contribution in [0.1, 0.15) is 131 Å². The van der Waals surface area contributed by atoms with E-state index in [0.717, 1.165) is 31.6 Å². The summed E-state index contributed by atoms with van der Waals surface area (Å²) in [6.45, 7) is 17.0. The fourth-order valence-electron chi connectivity index (χ4n) is 10.3. The molecule has 0 spiro atoms. The number of aromatic hydroxyl groups is 1. The molecule has 1 aliphatic carbocycles. The minimum Gasteiger partial charge on any atom is -0.507 e.